The predicted molar refractivity (Wildman–Crippen MR) is 86.3 cm³/mol. The van der Waals surface area contributed by atoms with E-state index in [0.717, 1.165) is 5.56 Å². The maximum Gasteiger partial charge on any atom is 0.273 e. The molecule has 0 unspecified atom stereocenters. The van der Waals surface area contributed by atoms with Gasteiger partial charge in [0.15, 0.2) is 11.5 Å². The topological polar surface area (TPSA) is 106 Å². The van der Waals surface area contributed by atoms with Crippen molar-refractivity contribution in [3.8, 4) is 0 Å². The maximum absolute atomic E-state index is 12.0. The molecule has 0 radical (unpaired) electrons. The normalized spacial score (nSPS) is 10.8. The standard InChI is InChI=1S/C14H17ClN6O2/c1-20(2)8-11(22)17-14-12(13(16)23)18-19-21(14)7-9-5-3-4-6-10(9)15/h3-6H,7-8H2,1-2H3,(H2,16,23)(H,17,22). The van der Waals surface area contributed by atoms with Crippen LogP contribution in [0.3, 0.4) is 0 Å². The molecule has 2 rings (SSSR count). The van der Waals surface area contributed by atoms with E-state index in [1.54, 1.807) is 25.1 Å². The second-order valence-corrected chi connectivity index (χ2v) is 5.59. The summed E-state index contributed by atoms with van der Waals surface area (Å²) in [5, 5.41) is 10.8. The van der Waals surface area contributed by atoms with Crippen molar-refractivity contribution in [3.63, 3.8) is 0 Å². The van der Waals surface area contributed by atoms with Gasteiger partial charge < -0.3 is 16.0 Å². The minimum Gasteiger partial charge on any atom is -0.364 e. The minimum absolute atomic E-state index is 0.0934. The molecule has 0 bridgehead atoms. The molecule has 0 aliphatic rings. The van der Waals surface area contributed by atoms with Gasteiger partial charge in [-0.1, -0.05) is 35.0 Å². The molecule has 2 amide bonds. The van der Waals surface area contributed by atoms with E-state index in [1.165, 1.54) is 4.68 Å². The highest BCUT2D eigenvalue weighted by Crippen LogP contribution is 2.19. The van der Waals surface area contributed by atoms with Crippen molar-refractivity contribution in [2.45, 2.75) is 6.54 Å². The van der Waals surface area contributed by atoms with Crippen LogP contribution in [0.1, 0.15) is 16.1 Å². The molecule has 0 spiro atoms. The minimum atomic E-state index is -0.768. The first-order valence-electron chi connectivity index (χ1n) is 6.79. The number of nitrogens with zero attached hydrogens (tertiary/aromatic N) is 4. The van der Waals surface area contributed by atoms with Gasteiger partial charge in [-0.2, -0.15) is 0 Å². The van der Waals surface area contributed by atoms with E-state index in [4.69, 9.17) is 17.3 Å². The highest BCUT2D eigenvalue weighted by atomic mass is 35.5. The van der Waals surface area contributed by atoms with Gasteiger partial charge in [0, 0.05) is 5.02 Å². The van der Waals surface area contributed by atoms with Gasteiger partial charge in [-0.25, -0.2) is 4.68 Å². The molecule has 1 aromatic carbocycles. The Labute approximate surface area is 138 Å². The summed E-state index contributed by atoms with van der Waals surface area (Å²) in [5.41, 5.74) is 5.97. The van der Waals surface area contributed by atoms with Crippen LogP contribution in [0, 0.1) is 0 Å². The Kier molecular flexibility index (Phi) is 5.30. The van der Waals surface area contributed by atoms with E-state index in [9.17, 15) is 9.59 Å². The fraction of sp³-hybridized carbons (Fsp3) is 0.286. The number of nitrogens with two attached hydrogens (primary N) is 1. The largest absolute Gasteiger partial charge is 0.364 e. The molecule has 0 saturated heterocycles. The number of likely N-dealkylation sites (N-methyl/N-ethyl adjacent to an activating group) is 1. The highest BCUT2D eigenvalue weighted by molar-refractivity contribution is 6.31. The number of aromatic nitrogens is 3. The van der Waals surface area contributed by atoms with Crippen LogP contribution < -0.4 is 11.1 Å². The van der Waals surface area contributed by atoms with Crippen molar-refractivity contribution in [1.29, 1.82) is 0 Å². The number of amides is 2. The molecule has 23 heavy (non-hydrogen) atoms. The van der Waals surface area contributed by atoms with Crippen LogP contribution in [0.25, 0.3) is 0 Å². The molecule has 9 heteroatoms. The van der Waals surface area contributed by atoms with E-state index in [0.29, 0.717) is 5.02 Å². The zero-order chi connectivity index (χ0) is 17.0. The molecule has 1 aromatic heterocycles. The number of hydrogen-bond acceptors (Lipinski definition) is 5. The number of carbonyl (C=O) groups is 2. The van der Waals surface area contributed by atoms with Gasteiger partial charge in [-0.3, -0.25) is 9.59 Å². The van der Waals surface area contributed by atoms with Crippen molar-refractivity contribution in [2.75, 3.05) is 26.0 Å². The molecule has 8 nitrogen and oxygen atoms in total. The van der Waals surface area contributed by atoms with Crippen molar-refractivity contribution >= 4 is 29.2 Å². The second kappa shape index (κ2) is 7.21. The summed E-state index contributed by atoms with van der Waals surface area (Å²) in [7, 11) is 3.52. The van der Waals surface area contributed by atoms with Gasteiger partial charge in [0.05, 0.1) is 13.1 Å². The fourth-order valence-electron chi connectivity index (χ4n) is 1.96. The second-order valence-electron chi connectivity index (χ2n) is 5.19. The molecule has 0 aliphatic carbocycles. The van der Waals surface area contributed by atoms with Crippen molar-refractivity contribution in [3.05, 3.63) is 40.5 Å². The van der Waals surface area contributed by atoms with E-state index >= 15 is 0 Å². The van der Waals surface area contributed by atoms with Crippen LogP contribution in [0.15, 0.2) is 24.3 Å². The number of primary amides is 1. The molecule has 2 aromatic rings. The zero-order valence-corrected chi connectivity index (χ0v) is 13.5. The molecular weight excluding hydrogens is 320 g/mol. The number of anilines is 1. The van der Waals surface area contributed by atoms with Crippen LogP contribution in [0.4, 0.5) is 5.82 Å². The summed E-state index contributed by atoms with van der Waals surface area (Å²) >= 11 is 6.12. The Balaban J connectivity index is 2.31. The van der Waals surface area contributed by atoms with Crippen LogP contribution in [0.5, 0.6) is 0 Å². The molecule has 1 heterocycles. The summed E-state index contributed by atoms with van der Waals surface area (Å²) in [4.78, 5) is 25.1. The third-order valence-corrected chi connectivity index (χ3v) is 3.33. The van der Waals surface area contributed by atoms with Crippen LogP contribution in [-0.4, -0.2) is 52.3 Å². The summed E-state index contributed by atoms with van der Waals surface area (Å²) < 4.78 is 1.38. The average Bonchev–Trinajstić information content (AvgIpc) is 2.83. The Hall–Kier alpha value is -2.45. The van der Waals surface area contributed by atoms with Crippen molar-refractivity contribution in [2.24, 2.45) is 5.73 Å². The van der Waals surface area contributed by atoms with Crippen LogP contribution >= 0.6 is 11.6 Å². The number of hydrogen-bond donors (Lipinski definition) is 2. The van der Waals surface area contributed by atoms with E-state index in [-0.39, 0.29) is 30.5 Å². The quantitative estimate of drug-likeness (QED) is 0.802. The first kappa shape index (κ1) is 16.9. The number of nitrogens with one attached hydrogen (secondary N) is 1. The maximum atomic E-state index is 12.0. The monoisotopic (exact) mass is 336 g/mol. The number of carbonyl (C=O) groups excluding carboxylic acids is 2. The van der Waals surface area contributed by atoms with Crippen molar-refractivity contribution < 1.29 is 9.59 Å². The molecule has 122 valence electrons. The zero-order valence-electron chi connectivity index (χ0n) is 12.8. The summed E-state index contributed by atoms with van der Waals surface area (Å²) in [5.74, 6) is -0.917. The van der Waals surface area contributed by atoms with E-state index in [1.807, 2.05) is 18.2 Å². The Morgan fingerprint density at radius 1 is 1.35 bits per heavy atom. The molecule has 0 aliphatic heterocycles. The Morgan fingerprint density at radius 3 is 2.65 bits per heavy atom. The van der Waals surface area contributed by atoms with Gasteiger partial charge in [-0.15, -0.1) is 5.10 Å². The summed E-state index contributed by atoms with van der Waals surface area (Å²) in [6.45, 7) is 0.396. The third-order valence-electron chi connectivity index (χ3n) is 2.96. The molecule has 3 N–H and O–H groups in total. The lowest BCUT2D eigenvalue weighted by molar-refractivity contribution is -0.116. The molecule has 0 atom stereocenters. The predicted octanol–water partition coefficient (Wildman–Crippen LogP) is 0.579. The van der Waals surface area contributed by atoms with Crippen LogP contribution in [0.2, 0.25) is 5.02 Å². The van der Waals surface area contributed by atoms with E-state index in [2.05, 4.69) is 15.6 Å². The van der Waals surface area contributed by atoms with Crippen LogP contribution in [-0.2, 0) is 11.3 Å². The Bertz CT molecular complexity index is 728. The van der Waals surface area contributed by atoms with E-state index < -0.39 is 5.91 Å². The van der Waals surface area contributed by atoms with Gasteiger partial charge in [0.1, 0.15) is 0 Å². The number of benzene rings is 1. The molecule has 0 fully saturated rings. The van der Waals surface area contributed by atoms with Gasteiger partial charge >= 0.3 is 0 Å². The smallest absolute Gasteiger partial charge is 0.273 e. The van der Waals surface area contributed by atoms with Gasteiger partial charge in [0.25, 0.3) is 5.91 Å². The average molecular weight is 337 g/mol. The lowest BCUT2D eigenvalue weighted by atomic mass is 10.2. The first-order chi connectivity index (χ1) is 10.9. The Morgan fingerprint density at radius 2 is 2.04 bits per heavy atom. The summed E-state index contributed by atoms with van der Waals surface area (Å²) in [6.07, 6.45) is 0. The molecular formula is C14H17ClN6O2. The number of halogens is 1. The molecule has 0 saturated carbocycles. The SMILES string of the molecule is CN(C)CC(=O)Nc1c(C(N)=O)nnn1Cc1ccccc1Cl. The lowest BCUT2D eigenvalue weighted by Gasteiger charge is -2.12. The fourth-order valence-corrected chi connectivity index (χ4v) is 2.16. The third kappa shape index (κ3) is 4.27. The van der Waals surface area contributed by atoms with Crippen molar-refractivity contribution in [1.82, 2.24) is 19.9 Å². The van der Waals surface area contributed by atoms with Gasteiger partial charge in [-0.05, 0) is 25.7 Å². The van der Waals surface area contributed by atoms with Gasteiger partial charge in [0.2, 0.25) is 5.91 Å². The highest BCUT2D eigenvalue weighted by Gasteiger charge is 2.20. The first-order valence-corrected chi connectivity index (χ1v) is 7.17. The lowest BCUT2D eigenvalue weighted by Crippen LogP contribution is -2.29. The number of rotatable bonds is 6. The summed E-state index contributed by atoms with van der Waals surface area (Å²) in [6, 6.07) is 7.20.